The minimum atomic E-state index is -0.327. The van der Waals surface area contributed by atoms with Gasteiger partial charge in [0.05, 0.1) is 5.25 Å². The Hall–Kier alpha value is -3.58. The van der Waals surface area contributed by atoms with E-state index >= 15 is 0 Å². The van der Waals surface area contributed by atoms with Crippen LogP contribution in [0.3, 0.4) is 0 Å². The van der Waals surface area contributed by atoms with E-state index in [-0.39, 0.29) is 11.2 Å². The number of hydrogen-bond acceptors (Lipinski definition) is 5. The number of nitrogens with zero attached hydrogens (tertiary/aromatic N) is 3. The summed E-state index contributed by atoms with van der Waals surface area (Å²) in [5.74, 6) is 1.53. The van der Waals surface area contributed by atoms with Crippen LogP contribution in [0.1, 0.15) is 23.9 Å². The highest BCUT2D eigenvalue weighted by molar-refractivity contribution is 8.00. The Morgan fingerprint density at radius 3 is 2.24 bits per heavy atom. The summed E-state index contributed by atoms with van der Waals surface area (Å²) < 4.78 is 7.75. The van der Waals surface area contributed by atoms with Crippen molar-refractivity contribution in [1.82, 2.24) is 14.8 Å². The number of nitrogens with one attached hydrogen (secondary N) is 1. The molecule has 1 atom stereocenters. The molecule has 33 heavy (non-hydrogen) atoms. The molecule has 1 aromatic heterocycles. The number of thioether (sulfide) groups is 1. The van der Waals surface area contributed by atoms with Crippen molar-refractivity contribution >= 4 is 23.4 Å². The second kappa shape index (κ2) is 10.8. The van der Waals surface area contributed by atoms with Gasteiger partial charge < -0.3 is 14.6 Å². The summed E-state index contributed by atoms with van der Waals surface area (Å²) in [6, 6.07) is 27.5. The molecule has 4 aromatic rings. The first-order chi connectivity index (χ1) is 16.1. The van der Waals surface area contributed by atoms with E-state index in [1.807, 2.05) is 91.3 Å². The summed E-state index contributed by atoms with van der Waals surface area (Å²) >= 11 is 1.39. The summed E-state index contributed by atoms with van der Waals surface area (Å²) in [5.41, 5.74) is 3.00. The first-order valence-electron chi connectivity index (χ1n) is 10.7. The minimum Gasteiger partial charge on any atom is -0.489 e. The minimum absolute atomic E-state index is 0.0921. The van der Waals surface area contributed by atoms with E-state index in [1.165, 1.54) is 17.3 Å². The lowest BCUT2D eigenvalue weighted by molar-refractivity contribution is -0.115. The predicted octanol–water partition coefficient (Wildman–Crippen LogP) is 5.10. The maximum atomic E-state index is 12.7. The van der Waals surface area contributed by atoms with Crippen LogP contribution in [-0.2, 0) is 24.9 Å². The maximum absolute atomic E-state index is 12.7. The van der Waals surface area contributed by atoms with Crippen LogP contribution in [0.5, 0.6) is 5.75 Å². The first-order valence-corrected chi connectivity index (χ1v) is 11.6. The van der Waals surface area contributed by atoms with Crippen molar-refractivity contribution in [3.8, 4) is 5.75 Å². The summed E-state index contributed by atoms with van der Waals surface area (Å²) in [5, 5.41) is 11.9. The average Bonchev–Trinajstić information content (AvgIpc) is 3.18. The third-order valence-electron chi connectivity index (χ3n) is 5.15. The molecule has 0 spiro atoms. The second-order valence-electron chi connectivity index (χ2n) is 7.67. The molecule has 0 aliphatic rings. The van der Waals surface area contributed by atoms with Crippen LogP contribution < -0.4 is 10.1 Å². The number of carbonyl (C=O) groups is 1. The van der Waals surface area contributed by atoms with Crippen molar-refractivity contribution in [2.75, 3.05) is 5.32 Å². The van der Waals surface area contributed by atoms with Crippen molar-refractivity contribution in [1.29, 1.82) is 0 Å². The maximum Gasteiger partial charge on any atom is 0.237 e. The van der Waals surface area contributed by atoms with Gasteiger partial charge in [0.25, 0.3) is 0 Å². The molecule has 1 amide bonds. The Morgan fingerprint density at radius 2 is 1.58 bits per heavy atom. The summed E-state index contributed by atoms with van der Waals surface area (Å²) in [7, 11) is 1.93. The van der Waals surface area contributed by atoms with E-state index < -0.39 is 0 Å². The zero-order valence-corrected chi connectivity index (χ0v) is 19.5. The Bertz CT molecular complexity index is 1180. The van der Waals surface area contributed by atoms with Gasteiger partial charge in [0.1, 0.15) is 18.2 Å². The lowest BCUT2D eigenvalue weighted by Crippen LogP contribution is -2.22. The van der Waals surface area contributed by atoms with E-state index in [4.69, 9.17) is 4.74 Å². The Kier molecular flexibility index (Phi) is 7.42. The molecule has 0 aliphatic heterocycles. The Balaban J connectivity index is 1.29. The highest BCUT2D eigenvalue weighted by Gasteiger charge is 2.19. The lowest BCUT2D eigenvalue weighted by atomic mass is 10.1. The number of benzene rings is 3. The zero-order chi connectivity index (χ0) is 23.0. The molecule has 0 saturated carbocycles. The molecular formula is C26H26N4O2S. The van der Waals surface area contributed by atoms with Crippen LogP contribution in [0.2, 0.25) is 0 Å². The molecule has 1 N–H and O–H groups in total. The standard InChI is InChI=1S/C26H26N4O2S/c1-19(33-26-29-28-24(30(26)2)17-20-9-5-3-6-10-20)25(31)27-22-13-15-23(16-14-22)32-18-21-11-7-4-8-12-21/h3-16,19H,17-18H2,1-2H3,(H,27,31). The van der Waals surface area contributed by atoms with Gasteiger partial charge in [-0.2, -0.15) is 0 Å². The highest BCUT2D eigenvalue weighted by atomic mass is 32.2. The molecule has 168 valence electrons. The van der Waals surface area contributed by atoms with Gasteiger partial charge in [0.2, 0.25) is 5.91 Å². The number of aromatic nitrogens is 3. The van der Waals surface area contributed by atoms with Gasteiger partial charge in [-0.25, -0.2) is 0 Å². The predicted molar refractivity (Wildman–Crippen MR) is 131 cm³/mol. The van der Waals surface area contributed by atoms with Crippen molar-refractivity contribution in [3.05, 3.63) is 102 Å². The molecular weight excluding hydrogens is 432 g/mol. The van der Waals surface area contributed by atoms with Crippen molar-refractivity contribution < 1.29 is 9.53 Å². The molecule has 4 rings (SSSR count). The van der Waals surface area contributed by atoms with Crippen LogP contribution in [-0.4, -0.2) is 25.9 Å². The summed E-state index contributed by atoms with van der Waals surface area (Å²) in [6.07, 6.45) is 0.699. The molecule has 6 nitrogen and oxygen atoms in total. The van der Waals surface area contributed by atoms with E-state index in [0.29, 0.717) is 18.2 Å². The lowest BCUT2D eigenvalue weighted by Gasteiger charge is -2.12. The topological polar surface area (TPSA) is 69.0 Å². The van der Waals surface area contributed by atoms with Gasteiger partial charge in [0, 0.05) is 19.2 Å². The summed E-state index contributed by atoms with van der Waals surface area (Å²) in [6.45, 7) is 2.37. The molecule has 0 radical (unpaired) electrons. The SMILES string of the molecule is CC(Sc1nnc(Cc2ccccc2)n1C)C(=O)Nc1ccc(OCc2ccccc2)cc1. The molecule has 0 fully saturated rings. The van der Waals surface area contributed by atoms with Crippen LogP contribution in [0.15, 0.2) is 90.1 Å². The van der Waals surface area contributed by atoms with Crippen LogP contribution >= 0.6 is 11.8 Å². The van der Waals surface area contributed by atoms with E-state index in [0.717, 1.165) is 22.8 Å². The van der Waals surface area contributed by atoms with E-state index in [9.17, 15) is 4.79 Å². The van der Waals surface area contributed by atoms with E-state index in [2.05, 4.69) is 27.6 Å². The third-order valence-corrected chi connectivity index (χ3v) is 6.29. The van der Waals surface area contributed by atoms with Gasteiger partial charge >= 0.3 is 0 Å². The largest absolute Gasteiger partial charge is 0.489 e. The molecule has 7 heteroatoms. The Labute approximate surface area is 198 Å². The molecule has 0 saturated heterocycles. The number of ether oxygens (including phenoxy) is 1. The molecule has 0 aliphatic carbocycles. The number of anilines is 1. The van der Waals surface area contributed by atoms with Crippen LogP contribution in [0.25, 0.3) is 0 Å². The van der Waals surface area contributed by atoms with Gasteiger partial charge in [-0.05, 0) is 42.3 Å². The normalized spacial score (nSPS) is 11.7. The Morgan fingerprint density at radius 1 is 0.939 bits per heavy atom. The number of hydrogen-bond donors (Lipinski definition) is 1. The zero-order valence-electron chi connectivity index (χ0n) is 18.6. The highest BCUT2D eigenvalue weighted by Crippen LogP contribution is 2.24. The quantitative estimate of drug-likeness (QED) is 0.353. The van der Waals surface area contributed by atoms with Gasteiger partial charge in [-0.3, -0.25) is 4.79 Å². The fourth-order valence-electron chi connectivity index (χ4n) is 3.21. The fraction of sp³-hybridized carbons (Fsp3) is 0.192. The summed E-state index contributed by atoms with van der Waals surface area (Å²) in [4.78, 5) is 12.7. The third kappa shape index (κ3) is 6.23. The smallest absolute Gasteiger partial charge is 0.237 e. The molecule has 3 aromatic carbocycles. The monoisotopic (exact) mass is 458 g/mol. The fourth-order valence-corrected chi connectivity index (χ4v) is 4.04. The van der Waals surface area contributed by atoms with Crippen molar-refractivity contribution in [3.63, 3.8) is 0 Å². The van der Waals surface area contributed by atoms with Gasteiger partial charge in [-0.15, -0.1) is 10.2 Å². The van der Waals surface area contributed by atoms with Gasteiger partial charge in [0.15, 0.2) is 5.16 Å². The molecule has 1 unspecified atom stereocenters. The van der Waals surface area contributed by atoms with E-state index in [1.54, 1.807) is 0 Å². The average molecular weight is 459 g/mol. The first kappa shape index (κ1) is 22.6. The molecule has 0 bridgehead atoms. The van der Waals surface area contributed by atoms with Crippen molar-refractivity contribution in [2.45, 2.75) is 30.4 Å². The van der Waals surface area contributed by atoms with Crippen LogP contribution in [0.4, 0.5) is 5.69 Å². The van der Waals surface area contributed by atoms with Crippen molar-refractivity contribution in [2.24, 2.45) is 7.05 Å². The van der Waals surface area contributed by atoms with Gasteiger partial charge in [-0.1, -0.05) is 72.4 Å². The van der Waals surface area contributed by atoms with Crippen LogP contribution in [0, 0.1) is 0 Å². The molecule has 1 heterocycles. The number of amides is 1. The second-order valence-corrected chi connectivity index (χ2v) is 8.98. The number of carbonyl (C=O) groups excluding carboxylic acids is 1. The number of rotatable bonds is 9.